The van der Waals surface area contributed by atoms with Crippen molar-refractivity contribution >= 4 is 17.1 Å². The molecule has 62 heavy (non-hydrogen) atoms. The highest BCUT2D eigenvalue weighted by atomic mass is 15.1. The summed E-state index contributed by atoms with van der Waals surface area (Å²) in [5, 5.41) is 0. The normalized spacial score (nSPS) is 16.6. The van der Waals surface area contributed by atoms with Crippen molar-refractivity contribution in [3.05, 3.63) is 259 Å². The van der Waals surface area contributed by atoms with E-state index in [9.17, 15) is 0 Å². The van der Waals surface area contributed by atoms with E-state index in [1.807, 2.05) is 0 Å². The Kier molecular flexibility index (Phi) is 9.39. The highest BCUT2D eigenvalue weighted by Crippen LogP contribution is 2.50. The average molecular weight is 794 g/mol. The summed E-state index contributed by atoms with van der Waals surface area (Å²) in [6.07, 6.45) is 15.7. The van der Waals surface area contributed by atoms with Gasteiger partial charge in [-0.05, 0) is 126 Å². The molecule has 0 radical (unpaired) electrons. The molecule has 0 fully saturated rings. The van der Waals surface area contributed by atoms with Gasteiger partial charge in [0, 0.05) is 34.3 Å². The van der Waals surface area contributed by atoms with E-state index in [4.69, 9.17) is 0 Å². The number of anilines is 3. The van der Waals surface area contributed by atoms with Crippen molar-refractivity contribution in [3.63, 3.8) is 0 Å². The summed E-state index contributed by atoms with van der Waals surface area (Å²) in [5.41, 5.74) is 21.2. The Balaban J connectivity index is 0.930. The zero-order valence-electron chi connectivity index (χ0n) is 35.1. The molecule has 3 aliphatic carbocycles. The fourth-order valence-electron chi connectivity index (χ4n) is 9.97. The summed E-state index contributed by atoms with van der Waals surface area (Å²) >= 11 is 0. The van der Waals surface area contributed by atoms with Crippen molar-refractivity contribution in [1.82, 2.24) is 0 Å². The molecular formula is C61H47N. The van der Waals surface area contributed by atoms with E-state index >= 15 is 0 Å². The Morgan fingerprint density at radius 2 is 0.871 bits per heavy atom. The summed E-state index contributed by atoms with van der Waals surface area (Å²) in [6.45, 7) is 4.70. The fraction of sp³-hybridized carbons (Fsp3) is 0.0820. The van der Waals surface area contributed by atoms with E-state index in [0.29, 0.717) is 11.8 Å². The number of benzene rings is 8. The molecule has 0 heterocycles. The van der Waals surface area contributed by atoms with E-state index in [0.717, 1.165) is 17.1 Å². The van der Waals surface area contributed by atoms with Crippen LogP contribution >= 0.6 is 0 Å². The van der Waals surface area contributed by atoms with Crippen molar-refractivity contribution < 1.29 is 0 Å². The molecule has 8 aromatic carbocycles. The Morgan fingerprint density at radius 1 is 0.371 bits per heavy atom. The summed E-state index contributed by atoms with van der Waals surface area (Å²) in [4.78, 5) is 2.38. The second kappa shape index (κ2) is 15.5. The molecule has 2 unspecified atom stereocenters. The first kappa shape index (κ1) is 37.5. The number of fused-ring (bicyclic) bond motifs is 4. The zero-order chi connectivity index (χ0) is 41.6. The fourth-order valence-corrected chi connectivity index (χ4v) is 9.97. The van der Waals surface area contributed by atoms with Crippen LogP contribution in [0.2, 0.25) is 0 Å². The Hall–Kier alpha value is -7.48. The monoisotopic (exact) mass is 793 g/mol. The lowest BCUT2D eigenvalue weighted by atomic mass is 9.76. The summed E-state index contributed by atoms with van der Waals surface area (Å²) < 4.78 is 0. The first-order valence-electron chi connectivity index (χ1n) is 21.8. The van der Waals surface area contributed by atoms with Crippen molar-refractivity contribution in [1.29, 1.82) is 0 Å². The van der Waals surface area contributed by atoms with Gasteiger partial charge in [-0.15, -0.1) is 0 Å². The van der Waals surface area contributed by atoms with E-state index in [-0.39, 0.29) is 5.41 Å². The van der Waals surface area contributed by atoms with E-state index in [1.54, 1.807) is 0 Å². The molecule has 2 atom stereocenters. The standard InChI is InChI=1S/C61H47N/c1-61(2)59-24-9-8-22-57(59)58-38-31-50(41-60(58)61)45-29-36-54(37-30-45)62(52-32-25-43(26-33-52)48-18-10-17-47(39-48)42-13-4-3-5-14-42)53-34-27-44(28-35-53)49-19-11-20-51(40-49)56-23-12-16-46-15-6-7-21-55(46)56/h3-41,55-56H,1-2H3. The minimum atomic E-state index is -0.0424. The van der Waals surface area contributed by atoms with Gasteiger partial charge < -0.3 is 4.90 Å². The van der Waals surface area contributed by atoms with Crippen molar-refractivity contribution in [3.8, 4) is 55.6 Å². The lowest BCUT2D eigenvalue weighted by Crippen LogP contribution is -2.14. The predicted molar refractivity (Wildman–Crippen MR) is 262 cm³/mol. The Morgan fingerprint density at radius 3 is 1.53 bits per heavy atom. The van der Waals surface area contributed by atoms with Crippen LogP contribution in [0.3, 0.4) is 0 Å². The molecule has 0 N–H and O–H groups in total. The number of rotatable bonds is 8. The van der Waals surface area contributed by atoms with Crippen LogP contribution in [0.4, 0.5) is 17.1 Å². The smallest absolute Gasteiger partial charge is 0.0462 e. The molecule has 0 saturated heterocycles. The zero-order valence-corrected chi connectivity index (χ0v) is 35.1. The van der Waals surface area contributed by atoms with Crippen LogP contribution in [-0.4, -0.2) is 0 Å². The van der Waals surface area contributed by atoms with Crippen LogP contribution < -0.4 is 4.90 Å². The molecule has 296 valence electrons. The molecule has 0 bridgehead atoms. The topological polar surface area (TPSA) is 3.24 Å². The molecule has 0 aliphatic heterocycles. The lowest BCUT2D eigenvalue weighted by Gasteiger charge is -2.28. The van der Waals surface area contributed by atoms with Crippen LogP contribution in [0.1, 0.15) is 36.5 Å². The van der Waals surface area contributed by atoms with Gasteiger partial charge in [0.1, 0.15) is 0 Å². The number of hydrogen-bond donors (Lipinski definition) is 0. The van der Waals surface area contributed by atoms with E-state index < -0.39 is 0 Å². The van der Waals surface area contributed by atoms with E-state index in [1.165, 1.54) is 77.9 Å². The molecule has 0 saturated carbocycles. The van der Waals surface area contributed by atoms with Gasteiger partial charge in [0.15, 0.2) is 0 Å². The first-order chi connectivity index (χ1) is 30.5. The van der Waals surface area contributed by atoms with Crippen LogP contribution in [0.5, 0.6) is 0 Å². The minimum Gasteiger partial charge on any atom is -0.311 e. The first-order valence-corrected chi connectivity index (χ1v) is 21.8. The maximum absolute atomic E-state index is 2.41. The summed E-state index contributed by atoms with van der Waals surface area (Å²) in [6, 6.07) is 71.6. The van der Waals surface area contributed by atoms with Gasteiger partial charge in [-0.25, -0.2) is 0 Å². The van der Waals surface area contributed by atoms with Crippen molar-refractivity contribution in [2.75, 3.05) is 4.90 Å². The Bertz CT molecular complexity index is 3070. The van der Waals surface area contributed by atoms with Gasteiger partial charge in [0.25, 0.3) is 0 Å². The molecule has 11 rings (SSSR count). The minimum absolute atomic E-state index is 0.0424. The summed E-state index contributed by atoms with van der Waals surface area (Å²) in [5.74, 6) is 0.686. The van der Waals surface area contributed by atoms with Gasteiger partial charge in [0.05, 0.1) is 0 Å². The van der Waals surface area contributed by atoms with Crippen LogP contribution in [-0.2, 0) is 5.41 Å². The summed E-state index contributed by atoms with van der Waals surface area (Å²) in [7, 11) is 0. The molecule has 0 aromatic heterocycles. The predicted octanol–water partition coefficient (Wildman–Crippen LogP) is 16.5. The number of hydrogen-bond acceptors (Lipinski definition) is 1. The third kappa shape index (κ3) is 6.77. The quantitative estimate of drug-likeness (QED) is 0.148. The molecule has 0 amide bonds. The lowest BCUT2D eigenvalue weighted by molar-refractivity contribution is 0.660. The van der Waals surface area contributed by atoms with Crippen molar-refractivity contribution in [2.45, 2.75) is 25.2 Å². The molecule has 0 spiro atoms. The molecular weight excluding hydrogens is 747 g/mol. The number of allylic oxidation sites excluding steroid dienone is 8. The maximum atomic E-state index is 2.41. The van der Waals surface area contributed by atoms with Gasteiger partial charge in [-0.1, -0.05) is 202 Å². The largest absolute Gasteiger partial charge is 0.311 e. The molecule has 1 nitrogen and oxygen atoms in total. The van der Waals surface area contributed by atoms with Gasteiger partial charge in [0.2, 0.25) is 0 Å². The molecule has 3 aliphatic rings. The second-order valence-electron chi connectivity index (χ2n) is 17.3. The number of nitrogens with zero attached hydrogens (tertiary/aromatic N) is 1. The third-order valence-corrected chi connectivity index (χ3v) is 13.3. The van der Waals surface area contributed by atoms with Crippen LogP contribution in [0, 0.1) is 5.92 Å². The molecule has 1 heteroatoms. The maximum Gasteiger partial charge on any atom is 0.0462 e. The highest BCUT2D eigenvalue weighted by Gasteiger charge is 2.35. The van der Waals surface area contributed by atoms with Crippen LogP contribution in [0.15, 0.2) is 242 Å². The van der Waals surface area contributed by atoms with E-state index in [2.05, 4.69) is 255 Å². The SMILES string of the molecule is CC1(C)c2ccccc2-c2ccc(-c3ccc(N(c4ccc(-c5cccc(-c6ccccc6)c5)cc4)c4ccc(-c5cccc(C6C=CC=C7C=CC=CC76)c5)cc4)cc3)cc21. The average Bonchev–Trinajstić information content (AvgIpc) is 3.57. The van der Waals surface area contributed by atoms with Gasteiger partial charge in [-0.2, -0.15) is 0 Å². The second-order valence-corrected chi connectivity index (χ2v) is 17.3. The molecule has 8 aromatic rings. The third-order valence-electron chi connectivity index (χ3n) is 13.3. The van der Waals surface area contributed by atoms with Crippen LogP contribution in [0.25, 0.3) is 55.6 Å². The van der Waals surface area contributed by atoms with Crippen molar-refractivity contribution in [2.24, 2.45) is 5.92 Å². The van der Waals surface area contributed by atoms with Gasteiger partial charge >= 0.3 is 0 Å². The van der Waals surface area contributed by atoms with Gasteiger partial charge in [-0.3, -0.25) is 0 Å². The highest BCUT2D eigenvalue weighted by molar-refractivity contribution is 5.85. The Labute approximate surface area is 366 Å².